The molecule has 1 aromatic rings. The van der Waals surface area contributed by atoms with Gasteiger partial charge in [0.2, 0.25) is 0 Å². The van der Waals surface area contributed by atoms with Crippen LogP contribution in [0, 0.1) is 0 Å². The lowest BCUT2D eigenvalue weighted by molar-refractivity contribution is 0.129. The average Bonchev–Trinajstić information content (AvgIpc) is 2.78. The van der Waals surface area contributed by atoms with Crippen LogP contribution in [0.5, 0.6) is 11.5 Å². The summed E-state index contributed by atoms with van der Waals surface area (Å²) in [5.74, 6) is 2.31. The van der Waals surface area contributed by atoms with Gasteiger partial charge in [0.25, 0.3) is 0 Å². The molecule has 0 aliphatic carbocycles. The van der Waals surface area contributed by atoms with Crippen molar-refractivity contribution in [2.75, 3.05) is 60.2 Å². The lowest BCUT2D eigenvalue weighted by atomic mass is 10.2. The third-order valence-electron chi connectivity index (χ3n) is 4.87. The Labute approximate surface area is 206 Å². The molecule has 0 unspecified atom stereocenters. The quantitative estimate of drug-likeness (QED) is 0.141. The van der Waals surface area contributed by atoms with Gasteiger partial charge in [-0.05, 0) is 43.6 Å². The molecule has 0 atom stereocenters. The Bertz CT molecular complexity index is 598. The van der Waals surface area contributed by atoms with Crippen LogP contribution < -0.4 is 20.1 Å². The predicted molar refractivity (Wildman–Crippen MR) is 140 cm³/mol. The Balaban J connectivity index is 0.00000900. The van der Waals surface area contributed by atoms with Crippen molar-refractivity contribution in [1.29, 1.82) is 0 Å². The second kappa shape index (κ2) is 19.4. The van der Waals surface area contributed by atoms with Gasteiger partial charge in [-0.2, -0.15) is 0 Å². The topological polar surface area (TPSA) is 67.3 Å². The molecule has 1 rings (SSSR count). The zero-order chi connectivity index (χ0) is 22.0. The van der Waals surface area contributed by atoms with Gasteiger partial charge in [0.05, 0.1) is 7.11 Å². The number of hydrogen-bond donors (Lipinski definition) is 2. The van der Waals surface area contributed by atoms with Crippen LogP contribution in [0.1, 0.15) is 45.6 Å². The molecule has 0 aromatic heterocycles. The van der Waals surface area contributed by atoms with E-state index in [4.69, 9.17) is 14.2 Å². The van der Waals surface area contributed by atoms with Gasteiger partial charge in [-0.1, -0.05) is 33.3 Å². The van der Waals surface area contributed by atoms with Gasteiger partial charge in [-0.3, -0.25) is 4.99 Å². The highest BCUT2D eigenvalue weighted by atomic mass is 127. The molecule has 0 fully saturated rings. The lowest BCUT2D eigenvalue weighted by Gasteiger charge is -2.19. The molecule has 2 N–H and O–H groups in total. The summed E-state index contributed by atoms with van der Waals surface area (Å²) in [4.78, 5) is 6.61. The highest BCUT2D eigenvalue weighted by molar-refractivity contribution is 14.0. The molecule has 0 saturated heterocycles. The van der Waals surface area contributed by atoms with Gasteiger partial charge in [0.15, 0.2) is 17.5 Å². The zero-order valence-electron chi connectivity index (χ0n) is 20.0. The summed E-state index contributed by atoms with van der Waals surface area (Å²) in [5.41, 5.74) is 1.11. The minimum Gasteiger partial charge on any atom is -0.493 e. The largest absolute Gasteiger partial charge is 0.493 e. The number of guanidine groups is 1. The molecule has 0 spiro atoms. The Kier molecular flexibility index (Phi) is 18.6. The predicted octanol–water partition coefficient (Wildman–Crippen LogP) is 3.91. The minimum absolute atomic E-state index is 0. The monoisotopic (exact) mass is 550 g/mol. The van der Waals surface area contributed by atoms with Gasteiger partial charge in [-0.15, -0.1) is 24.0 Å². The molecule has 0 aliphatic rings. The van der Waals surface area contributed by atoms with Gasteiger partial charge in [0, 0.05) is 39.9 Å². The maximum Gasteiger partial charge on any atom is 0.191 e. The van der Waals surface area contributed by atoms with Crippen LogP contribution in [0.4, 0.5) is 0 Å². The maximum absolute atomic E-state index is 5.93. The number of unbranched alkanes of at least 4 members (excludes halogenated alkanes) is 1. The molecule has 0 saturated carbocycles. The number of halogens is 1. The van der Waals surface area contributed by atoms with E-state index in [2.05, 4.69) is 47.4 Å². The minimum atomic E-state index is 0. The molecule has 0 aliphatic heterocycles. The molecule has 0 radical (unpaired) electrons. The lowest BCUT2D eigenvalue weighted by Crippen LogP contribution is -2.37. The fraction of sp³-hybridized carbons (Fsp3) is 0.696. The number of benzene rings is 1. The van der Waals surface area contributed by atoms with Crippen molar-refractivity contribution in [2.45, 2.75) is 46.6 Å². The van der Waals surface area contributed by atoms with E-state index in [9.17, 15) is 0 Å². The summed E-state index contributed by atoms with van der Waals surface area (Å²) in [5, 5.41) is 6.65. The highest BCUT2D eigenvalue weighted by Gasteiger charge is 2.08. The van der Waals surface area contributed by atoms with Crippen LogP contribution in [-0.4, -0.2) is 71.0 Å². The van der Waals surface area contributed by atoms with Crippen molar-refractivity contribution >= 4 is 29.9 Å². The molecule has 0 heterocycles. The third kappa shape index (κ3) is 13.0. The normalized spacial score (nSPS) is 11.2. The number of nitrogens with zero attached hydrogens (tertiary/aromatic N) is 2. The number of rotatable bonds is 16. The Morgan fingerprint density at radius 3 is 2.39 bits per heavy atom. The average molecular weight is 551 g/mol. The van der Waals surface area contributed by atoms with Crippen LogP contribution in [0.25, 0.3) is 0 Å². The summed E-state index contributed by atoms with van der Waals surface area (Å²) in [6.07, 6.45) is 3.25. The van der Waals surface area contributed by atoms with Crippen molar-refractivity contribution in [3.63, 3.8) is 0 Å². The summed E-state index contributed by atoms with van der Waals surface area (Å²) in [6.45, 7) is 13.2. The van der Waals surface area contributed by atoms with E-state index in [1.165, 1.54) is 6.42 Å². The second-order valence-corrected chi connectivity index (χ2v) is 7.03. The standard InChI is InChI=1S/C23H42N4O3.HI/c1-6-9-15-29-16-10-13-25-23(24-4)26-19-20-11-12-21(22(18-20)28-5)30-17-14-27(7-2)8-3;/h11-12,18H,6-10,13-17,19H2,1-5H3,(H2,24,25,26);1H. The smallest absolute Gasteiger partial charge is 0.191 e. The van der Waals surface area contributed by atoms with Crippen molar-refractivity contribution in [2.24, 2.45) is 4.99 Å². The van der Waals surface area contributed by atoms with E-state index in [1.807, 2.05) is 12.1 Å². The van der Waals surface area contributed by atoms with Crippen molar-refractivity contribution in [1.82, 2.24) is 15.5 Å². The number of aliphatic imine (C=N–C) groups is 1. The van der Waals surface area contributed by atoms with E-state index in [0.29, 0.717) is 13.2 Å². The fourth-order valence-corrected chi connectivity index (χ4v) is 2.90. The van der Waals surface area contributed by atoms with E-state index >= 15 is 0 Å². The maximum atomic E-state index is 5.93. The number of likely N-dealkylation sites (N-methyl/N-ethyl adjacent to an activating group) is 1. The first kappa shape index (κ1) is 29.7. The molecule has 7 nitrogen and oxygen atoms in total. The number of hydrogen-bond acceptors (Lipinski definition) is 5. The first-order chi connectivity index (χ1) is 14.7. The number of methoxy groups -OCH3 is 1. The van der Waals surface area contributed by atoms with Crippen molar-refractivity contribution in [3.8, 4) is 11.5 Å². The zero-order valence-corrected chi connectivity index (χ0v) is 22.4. The summed E-state index contributed by atoms with van der Waals surface area (Å²) in [6, 6.07) is 6.04. The summed E-state index contributed by atoms with van der Waals surface area (Å²) >= 11 is 0. The molecule has 180 valence electrons. The molecule has 8 heteroatoms. The van der Waals surface area contributed by atoms with Gasteiger partial charge >= 0.3 is 0 Å². The summed E-state index contributed by atoms with van der Waals surface area (Å²) in [7, 11) is 3.45. The van der Waals surface area contributed by atoms with Crippen LogP contribution in [0.3, 0.4) is 0 Å². The third-order valence-corrected chi connectivity index (χ3v) is 4.87. The van der Waals surface area contributed by atoms with E-state index in [-0.39, 0.29) is 24.0 Å². The first-order valence-electron chi connectivity index (χ1n) is 11.2. The van der Waals surface area contributed by atoms with Crippen LogP contribution >= 0.6 is 24.0 Å². The van der Waals surface area contributed by atoms with Crippen molar-refractivity contribution < 1.29 is 14.2 Å². The molecule has 1 aromatic carbocycles. The van der Waals surface area contributed by atoms with E-state index in [1.54, 1.807) is 14.2 Å². The van der Waals surface area contributed by atoms with Gasteiger partial charge < -0.3 is 29.7 Å². The highest BCUT2D eigenvalue weighted by Crippen LogP contribution is 2.28. The molecular formula is C23H43IN4O3. The van der Waals surface area contributed by atoms with Crippen LogP contribution in [0.15, 0.2) is 23.2 Å². The molecule has 0 bridgehead atoms. The SMILES string of the molecule is CCCCOCCCNC(=NC)NCc1ccc(OCCN(CC)CC)c(OC)c1.I. The molecule has 0 amide bonds. The van der Waals surface area contributed by atoms with Gasteiger partial charge in [0.1, 0.15) is 6.61 Å². The van der Waals surface area contributed by atoms with Crippen LogP contribution in [-0.2, 0) is 11.3 Å². The van der Waals surface area contributed by atoms with Gasteiger partial charge in [-0.25, -0.2) is 0 Å². The Morgan fingerprint density at radius 2 is 1.74 bits per heavy atom. The second-order valence-electron chi connectivity index (χ2n) is 7.03. The van der Waals surface area contributed by atoms with Crippen molar-refractivity contribution in [3.05, 3.63) is 23.8 Å². The first-order valence-corrected chi connectivity index (χ1v) is 11.2. The van der Waals surface area contributed by atoms with Crippen LogP contribution in [0.2, 0.25) is 0 Å². The molecular weight excluding hydrogens is 507 g/mol. The Hall–Kier alpha value is -1.26. The summed E-state index contributed by atoms with van der Waals surface area (Å²) < 4.78 is 17.0. The number of nitrogens with one attached hydrogen (secondary N) is 2. The van der Waals surface area contributed by atoms with E-state index in [0.717, 1.165) is 75.3 Å². The number of ether oxygens (including phenoxy) is 3. The Morgan fingerprint density at radius 1 is 1.00 bits per heavy atom. The molecule has 31 heavy (non-hydrogen) atoms. The van der Waals surface area contributed by atoms with E-state index < -0.39 is 0 Å². The fourth-order valence-electron chi connectivity index (χ4n) is 2.90.